The monoisotopic (exact) mass is 244 g/mol. The van der Waals surface area contributed by atoms with E-state index in [1.165, 1.54) is 5.56 Å². The number of carbonyl (C=O) groups is 1. The number of hydrogen-bond donors (Lipinski definition) is 0. The van der Waals surface area contributed by atoms with Gasteiger partial charge >= 0.3 is 0 Å². The molecule has 2 rings (SSSR count). The molecule has 2 aromatic rings. The molecule has 1 aromatic heterocycles. The molecule has 1 aromatic carbocycles. The van der Waals surface area contributed by atoms with Gasteiger partial charge in [0, 0.05) is 16.5 Å². The van der Waals surface area contributed by atoms with Gasteiger partial charge in [-0.25, -0.2) is 0 Å². The fourth-order valence-electron chi connectivity index (χ4n) is 2.27. The van der Waals surface area contributed by atoms with Crippen LogP contribution in [0, 0.1) is 27.7 Å². The molecule has 1 heterocycles. The summed E-state index contributed by atoms with van der Waals surface area (Å²) in [5.41, 5.74) is 6.11. The second-order valence-corrected chi connectivity index (χ2v) is 5.31. The molecule has 2 heteroatoms. The first-order chi connectivity index (χ1) is 8.00. The average Bonchev–Trinajstić information content (AvgIpc) is 2.62. The lowest BCUT2D eigenvalue weighted by Crippen LogP contribution is -2.07. The van der Waals surface area contributed by atoms with Crippen molar-refractivity contribution in [3.05, 3.63) is 56.3 Å². The molecular weight excluding hydrogens is 228 g/mol. The van der Waals surface area contributed by atoms with E-state index in [1.807, 2.05) is 31.5 Å². The number of hydrogen-bond acceptors (Lipinski definition) is 2. The van der Waals surface area contributed by atoms with Crippen LogP contribution in [-0.2, 0) is 0 Å². The molecule has 0 aliphatic rings. The highest BCUT2D eigenvalue weighted by atomic mass is 32.1. The molecule has 17 heavy (non-hydrogen) atoms. The molecule has 0 amide bonds. The fraction of sp³-hybridized carbons (Fsp3) is 0.267. The molecule has 0 saturated carbocycles. The van der Waals surface area contributed by atoms with Crippen molar-refractivity contribution in [2.75, 3.05) is 0 Å². The van der Waals surface area contributed by atoms with Crippen LogP contribution in [-0.4, -0.2) is 5.78 Å². The van der Waals surface area contributed by atoms with Gasteiger partial charge in [-0.05, 0) is 49.8 Å². The van der Waals surface area contributed by atoms with Crippen molar-refractivity contribution in [3.63, 3.8) is 0 Å². The van der Waals surface area contributed by atoms with E-state index in [2.05, 4.69) is 19.1 Å². The van der Waals surface area contributed by atoms with Crippen LogP contribution >= 0.6 is 11.3 Å². The Hall–Kier alpha value is -1.41. The first-order valence-electron chi connectivity index (χ1n) is 5.66. The third-order valence-electron chi connectivity index (χ3n) is 3.00. The molecule has 88 valence electrons. The minimum Gasteiger partial charge on any atom is -0.289 e. The van der Waals surface area contributed by atoms with Crippen LogP contribution in [0.3, 0.4) is 0 Å². The largest absolute Gasteiger partial charge is 0.289 e. The molecule has 0 N–H and O–H groups in total. The maximum atomic E-state index is 12.5. The second kappa shape index (κ2) is 4.46. The molecule has 1 nitrogen and oxygen atoms in total. The third kappa shape index (κ3) is 2.18. The summed E-state index contributed by atoms with van der Waals surface area (Å²) >= 11 is 1.58. The number of benzene rings is 1. The Bertz CT molecular complexity index is 555. The van der Waals surface area contributed by atoms with E-state index in [0.29, 0.717) is 0 Å². The van der Waals surface area contributed by atoms with Gasteiger partial charge in [-0.1, -0.05) is 17.7 Å². The number of thiophene rings is 1. The number of carbonyl (C=O) groups excluding carboxylic acids is 1. The maximum absolute atomic E-state index is 12.5. The number of aryl methyl sites for hydroxylation is 4. The molecule has 0 unspecified atom stereocenters. The molecule has 0 bridgehead atoms. The molecule has 0 spiro atoms. The van der Waals surface area contributed by atoms with Gasteiger partial charge in [-0.15, -0.1) is 0 Å². The second-order valence-electron chi connectivity index (χ2n) is 4.57. The standard InChI is InChI=1S/C15H16OS/c1-9-5-10(2)14(11(3)6-9)15(16)13-8-17-7-12(13)4/h5-8H,1-4H3. The lowest BCUT2D eigenvalue weighted by Gasteiger charge is -2.10. The van der Waals surface area contributed by atoms with Gasteiger partial charge in [0.05, 0.1) is 0 Å². The smallest absolute Gasteiger partial charge is 0.194 e. The Morgan fingerprint density at radius 1 is 0.941 bits per heavy atom. The van der Waals surface area contributed by atoms with E-state index in [0.717, 1.165) is 27.8 Å². The van der Waals surface area contributed by atoms with Crippen molar-refractivity contribution >= 4 is 17.1 Å². The molecule has 0 atom stereocenters. The quantitative estimate of drug-likeness (QED) is 0.723. The van der Waals surface area contributed by atoms with E-state index < -0.39 is 0 Å². The summed E-state index contributed by atoms with van der Waals surface area (Å²) in [7, 11) is 0. The summed E-state index contributed by atoms with van der Waals surface area (Å²) in [6, 6.07) is 4.14. The predicted molar refractivity (Wildman–Crippen MR) is 73.1 cm³/mol. The predicted octanol–water partition coefficient (Wildman–Crippen LogP) is 4.21. The zero-order valence-corrected chi connectivity index (χ0v) is 11.4. The summed E-state index contributed by atoms with van der Waals surface area (Å²) in [6.07, 6.45) is 0. The summed E-state index contributed by atoms with van der Waals surface area (Å²) in [6.45, 7) is 8.07. The Morgan fingerprint density at radius 2 is 1.53 bits per heavy atom. The van der Waals surface area contributed by atoms with Crippen LogP contribution in [0.25, 0.3) is 0 Å². The highest BCUT2D eigenvalue weighted by Gasteiger charge is 2.17. The maximum Gasteiger partial charge on any atom is 0.194 e. The van der Waals surface area contributed by atoms with Crippen LogP contribution in [0.15, 0.2) is 22.9 Å². The third-order valence-corrected chi connectivity index (χ3v) is 3.87. The van der Waals surface area contributed by atoms with Crippen molar-refractivity contribution in [1.29, 1.82) is 0 Å². The zero-order valence-electron chi connectivity index (χ0n) is 10.6. The van der Waals surface area contributed by atoms with E-state index >= 15 is 0 Å². The van der Waals surface area contributed by atoms with Crippen LogP contribution in [0.5, 0.6) is 0 Å². The van der Waals surface area contributed by atoms with Crippen molar-refractivity contribution in [3.8, 4) is 0 Å². The summed E-state index contributed by atoms with van der Waals surface area (Å²) < 4.78 is 0. The minimum atomic E-state index is 0.152. The topological polar surface area (TPSA) is 17.1 Å². The Morgan fingerprint density at radius 3 is 2.00 bits per heavy atom. The van der Waals surface area contributed by atoms with Gasteiger partial charge in [0.2, 0.25) is 0 Å². The van der Waals surface area contributed by atoms with Crippen LogP contribution in [0.1, 0.15) is 38.2 Å². The molecule has 0 aliphatic heterocycles. The van der Waals surface area contributed by atoms with Crippen molar-refractivity contribution in [2.45, 2.75) is 27.7 Å². The highest BCUT2D eigenvalue weighted by molar-refractivity contribution is 7.08. The first kappa shape index (κ1) is 12.1. The minimum absolute atomic E-state index is 0.152. The Kier molecular flexibility index (Phi) is 3.16. The fourth-order valence-corrected chi connectivity index (χ4v) is 3.09. The molecule has 0 fully saturated rings. The molecule has 0 aliphatic carbocycles. The van der Waals surface area contributed by atoms with Crippen LogP contribution in [0.4, 0.5) is 0 Å². The SMILES string of the molecule is Cc1cc(C)c(C(=O)c2cscc2C)c(C)c1. The molecule has 0 radical (unpaired) electrons. The highest BCUT2D eigenvalue weighted by Crippen LogP contribution is 2.23. The summed E-state index contributed by atoms with van der Waals surface area (Å²) in [4.78, 5) is 12.5. The van der Waals surface area contributed by atoms with E-state index in [1.54, 1.807) is 11.3 Å². The van der Waals surface area contributed by atoms with Gasteiger partial charge in [0.25, 0.3) is 0 Å². The van der Waals surface area contributed by atoms with Gasteiger partial charge in [-0.3, -0.25) is 4.79 Å². The zero-order chi connectivity index (χ0) is 12.6. The average molecular weight is 244 g/mol. The first-order valence-corrected chi connectivity index (χ1v) is 6.60. The van der Waals surface area contributed by atoms with E-state index in [4.69, 9.17) is 0 Å². The van der Waals surface area contributed by atoms with Gasteiger partial charge in [0.15, 0.2) is 5.78 Å². The normalized spacial score (nSPS) is 10.6. The lowest BCUT2D eigenvalue weighted by atomic mass is 9.93. The molecular formula is C15H16OS. The summed E-state index contributed by atoms with van der Waals surface area (Å²) in [5.74, 6) is 0.152. The van der Waals surface area contributed by atoms with E-state index in [9.17, 15) is 4.79 Å². The lowest BCUT2D eigenvalue weighted by molar-refractivity contribution is 0.103. The van der Waals surface area contributed by atoms with Gasteiger partial charge in [0.1, 0.15) is 0 Å². The summed E-state index contributed by atoms with van der Waals surface area (Å²) in [5, 5.41) is 3.96. The van der Waals surface area contributed by atoms with E-state index in [-0.39, 0.29) is 5.78 Å². The number of ketones is 1. The van der Waals surface area contributed by atoms with Crippen LogP contribution < -0.4 is 0 Å². The van der Waals surface area contributed by atoms with Crippen molar-refractivity contribution < 1.29 is 4.79 Å². The van der Waals surface area contributed by atoms with Gasteiger partial charge < -0.3 is 0 Å². The van der Waals surface area contributed by atoms with Crippen LogP contribution in [0.2, 0.25) is 0 Å². The van der Waals surface area contributed by atoms with Crippen molar-refractivity contribution in [1.82, 2.24) is 0 Å². The van der Waals surface area contributed by atoms with Crippen molar-refractivity contribution in [2.24, 2.45) is 0 Å². The Labute approximate surface area is 106 Å². The van der Waals surface area contributed by atoms with Gasteiger partial charge in [-0.2, -0.15) is 11.3 Å². The number of rotatable bonds is 2. The Balaban J connectivity index is 2.56. The molecule has 0 saturated heterocycles.